The van der Waals surface area contributed by atoms with Crippen molar-refractivity contribution in [3.63, 3.8) is 0 Å². The summed E-state index contributed by atoms with van der Waals surface area (Å²) in [5.41, 5.74) is 5.45. The number of rotatable bonds is 4. The molecular formula is C12H11BrFN3O3S. The van der Waals surface area contributed by atoms with E-state index in [-0.39, 0.29) is 22.2 Å². The molecule has 1 aromatic heterocycles. The lowest BCUT2D eigenvalue weighted by Crippen LogP contribution is -2.14. The second-order valence-electron chi connectivity index (χ2n) is 3.99. The van der Waals surface area contributed by atoms with Gasteiger partial charge in [-0.2, -0.15) is 0 Å². The maximum atomic E-state index is 13.7. The molecule has 0 amide bonds. The number of nitrogens with zero attached hydrogens (tertiary/aromatic N) is 1. The van der Waals surface area contributed by atoms with Gasteiger partial charge in [0.2, 0.25) is 0 Å². The smallest absolute Gasteiger partial charge is 0.263 e. The molecule has 3 N–H and O–H groups in total. The molecule has 0 bridgehead atoms. The van der Waals surface area contributed by atoms with Crippen LogP contribution in [0.15, 0.2) is 39.8 Å². The Kier molecular flexibility index (Phi) is 4.33. The van der Waals surface area contributed by atoms with Gasteiger partial charge in [0.25, 0.3) is 10.0 Å². The van der Waals surface area contributed by atoms with E-state index in [1.54, 1.807) is 6.07 Å². The number of nitrogen functional groups attached to an aromatic ring is 1. The standard InChI is InChI=1S/C12H11BrFN3O3S/c1-20-12-9(14)4-8(5-10(12)15)21(18,19)17-11-3-2-7(13)6-16-11/h2-6H,15H2,1H3,(H,16,17). The molecule has 2 rings (SSSR count). The number of aromatic nitrogens is 1. The number of nitrogens with one attached hydrogen (secondary N) is 1. The summed E-state index contributed by atoms with van der Waals surface area (Å²) < 4.78 is 45.7. The zero-order valence-electron chi connectivity index (χ0n) is 10.8. The Labute approximate surface area is 129 Å². The molecule has 21 heavy (non-hydrogen) atoms. The van der Waals surface area contributed by atoms with E-state index in [9.17, 15) is 12.8 Å². The first-order valence-corrected chi connectivity index (χ1v) is 7.88. The van der Waals surface area contributed by atoms with E-state index in [0.717, 1.165) is 12.1 Å². The van der Waals surface area contributed by atoms with E-state index in [1.165, 1.54) is 19.4 Å². The normalized spacial score (nSPS) is 11.2. The van der Waals surface area contributed by atoms with Gasteiger partial charge in [-0.25, -0.2) is 17.8 Å². The summed E-state index contributed by atoms with van der Waals surface area (Å²) in [4.78, 5) is 3.56. The molecule has 0 aliphatic rings. The highest BCUT2D eigenvalue weighted by atomic mass is 79.9. The molecule has 112 valence electrons. The van der Waals surface area contributed by atoms with Gasteiger partial charge in [0.1, 0.15) is 5.82 Å². The molecule has 0 spiro atoms. The van der Waals surface area contributed by atoms with Gasteiger partial charge in [-0.1, -0.05) is 0 Å². The zero-order valence-corrected chi connectivity index (χ0v) is 13.2. The number of nitrogens with two attached hydrogens (primary N) is 1. The van der Waals surface area contributed by atoms with Crippen LogP contribution in [0.25, 0.3) is 0 Å². The highest BCUT2D eigenvalue weighted by Crippen LogP contribution is 2.29. The molecule has 0 fully saturated rings. The van der Waals surface area contributed by atoms with E-state index in [2.05, 4.69) is 25.6 Å². The van der Waals surface area contributed by atoms with Crippen LogP contribution in [0.1, 0.15) is 0 Å². The van der Waals surface area contributed by atoms with Crippen molar-refractivity contribution in [3.8, 4) is 5.75 Å². The molecule has 0 aliphatic carbocycles. The Hall–Kier alpha value is -1.87. The Morgan fingerprint density at radius 3 is 2.62 bits per heavy atom. The number of hydrogen-bond acceptors (Lipinski definition) is 5. The number of sulfonamides is 1. The van der Waals surface area contributed by atoms with Crippen LogP contribution in [0, 0.1) is 5.82 Å². The lowest BCUT2D eigenvalue weighted by Gasteiger charge is -2.11. The van der Waals surface area contributed by atoms with Gasteiger partial charge in [0, 0.05) is 10.7 Å². The topological polar surface area (TPSA) is 94.3 Å². The fraction of sp³-hybridized carbons (Fsp3) is 0.0833. The van der Waals surface area contributed by atoms with Crippen LogP contribution in [0.5, 0.6) is 5.75 Å². The molecule has 0 aliphatic heterocycles. The molecule has 1 aromatic carbocycles. The van der Waals surface area contributed by atoms with Crippen LogP contribution in [0.3, 0.4) is 0 Å². The lowest BCUT2D eigenvalue weighted by atomic mass is 10.3. The minimum absolute atomic E-state index is 0.105. The molecule has 9 heteroatoms. The summed E-state index contributed by atoms with van der Waals surface area (Å²) in [7, 11) is -2.76. The van der Waals surface area contributed by atoms with Gasteiger partial charge in [-0.3, -0.25) is 4.72 Å². The van der Waals surface area contributed by atoms with Crippen LogP contribution in [0.4, 0.5) is 15.9 Å². The summed E-state index contributed by atoms with van der Waals surface area (Å²) in [6.45, 7) is 0. The summed E-state index contributed by atoms with van der Waals surface area (Å²) in [5, 5.41) is 0. The molecule has 0 atom stereocenters. The number of ether oxygens (including phenoxy) is 1. The van der Waals surface area contributed by atoms with Crippen molar-refractivity contribution < 1.29 is 17.5 Å². The molecular weight excluding hydrogens is 365 g/mol. The number of benzene rings is 1. The molecule has 0 radical (unpaired) electrons. The largest absolute Gasteiger partial charge is 0.492 e. The fourth-order valence-corrected chi connectivity index (χ4v) is 2.88. The van der Waals surface area contributed by atoms with Crippen molar-refractivity contribution in [1.82, 2.24) is 4.98 Å². The van der Waals surface area contributed by atoms with Crippen molar-refractivity contribution in [2.24, 2.45) is 0 Å². The fourth-order valence-electron chi connectivity index (χ4n) is 1.59. The summed E-state index contributed by atoms with van der Waals surface area (Å²) in [6, 6.07) is 5.03. The minimum Gasteiger partial charge on any atom is -0.492 e. The molecule has 6 nitrogen and oxygen atoms in total. The van der Waals surface area contributed by atoms with Gasteiger partial charge >= 0.3 is 0 Å². The predicted molar refractivity (Wildman–Crippen MR) is 80.1 cm³/mol. The average Bonchev–Trinajstić information content (AvgIpc) is 2.41. The number of hydrogen-bond donors (Lipinski definition) is 2. The van der Waals surface area contributed by atoms with Crippen molar-refractivity contribution >= 4 is 37.5 Å². The first-order valence-electron chi connectivity index (χ1n) is 5.61. The second kappa shape index (κ2) is 5.86. The Morgan fingerprint density at radius 1 is 1.38 bits per heavy atom. The minimum atomic E-state index is -4.00. The molecule has 0 unspecified atom stereocenters. The zero-order chi connectivity index (χ0) is 15.6. The quantitative estimate of drug-likeness (QED) is 0.799. The number of anilines is 2. The van der Waals surface area contributed by atoms with Crippen LogP contribution in [-0.2, 0) is 10.0 Å². The van der Waals surface area contributed by atoms with E-state index in [1.807, 2.05) is 0 Å². The van der Waals surface area contributed by atoms with Gasteiger partial charge in [0.15, 0.2) is 11.6 Å². The van der Waals surface area contributed by atoms with Crippen LogP contribution >= 0.6 is 15.9 Å². The van der Waals surface area contributed by atoms with Crippen molar-refractivity contribution in [1.29, 1.82) is 0 Å². The third-order valence-electron chi connectivity index (χ3n) is 2.53. The molecule has 2 aromatic rings. The summed E-state index contributed by atoms with van der Waals surface area (Å²) in [6.07, 6.45) is 1.43. The van der Waals surface area contributed by atoms with E-state index in [4.69, 9.17) is 10.5 Å². The molecule has 1 heterocycles. The highest BCUT2D eigenvalue weighted by molar-refractivity contribution is 9.10. The third-order valence-corrected chi connectivity index (χ3v) is 4.33. The van der Waals surface area contributed by atoms with Crippen molar-refractivity contribution in [3.05, 3.63) is 40.8 Å². The molecule has 0 saturated heterocycles. The van der Waals surface area contributed by atoms with Crippen LogP contribution < -0.4 is 15.2 Å². The summed E-state index contributed by atoms with van der Waals surface area (Å²) in [5.74, 6) is -0.953. The van der Waals surface area contributed by atoms with Crippen molar-refractivity contribution in [2.45, 2.75) is 4.90 Å². The van der Waals surface area contributed by atoms with Gasteiger partial charge in [0.05, 0.1) is 17.7 Å². The Balaban J connectivity index is 2.38. The Bertz CT molecular complexity index is 743. The first-order chi connectivity index (χ1) is 9.83. The SMILES string of the molecule is COc1c(N)cc(S(=O)(=O)Nc2ccc(Br)cn2)cc1F. The van der Waals surface area contributed by atoms with E-state index >= 15 is 0 Å². The third kappa shape index (κ3) is 3.42. The molecule has 0 saturated carbocycles. The number of pyridine rings is 1. The van der Waals surface area contributed by atoms with Gasteiger partial charge in [-0.15, -0.1) is 0 Å². The summed E-state index contributed by atoms with van der Waals surface area (Å²) >= 11 is 3.19. The van der Waals surface area contributed by atoms with Crippen LogP contribution in [-0.4, -0.2) is 20.5 Å². The predicted octanol–water partition coefficient (Wildman–Crippen LogP) is 2.37. The second-order valence-corrected chi connectivity index (χ2v) is 6.59. The van der Waals surface area contributed by atoms with E-state index < -0.39 is 15.8 Å². The number of methoxy groups -OCH3 is 1. The first kappa shape index (κ1) is 15.5. The Morgan fingerprint density at radius 2 is 2.10 bits per heavy atom. The van der Waals surface area contributed by atoms with Gasteiger partial charge in [-0.05, 0) is 40.2 Å². The monoisotopic (exact) mass is 375 g/mol. The highest BCUT2D eigenvalue weighted by Gasteiger charge is 2.19. The van der Waals surface area contributed by atoms with Crippen molar-refractivity contribution in [2.75, 3.05) is 17.6 Å². The van der Waals surface area contributed by atoms with Gasteiger partial charge < -0.3 is 10.5 Å². The maximum absolute atomic E-state index is 13.7. The lowest BCUT2D eigenvalue weighted by molar-refractivity contribution is 0.388. The number of halogens is 2. The van der Waals surface area contributed by atoms with E-state index in [0.29, 0.717) is 4.47 Å². The maximum Gasteiger partial charge on any atom is 0.263 e. The average molecular weight is 376 g/mol. The van der Waals surface area contributed by atoms with Crippen LogP contribution in [0.2, 0.25) is 0 Å².